The zero-order valence-corrected chi connectivity index (χ0v) is 15.4. The van der Waals surface area contributed by atoms with Gasteiger partial charge in [-0.2, -0.15) is 4.98 Å². The number of nitrogens with zero attached hydrogens (tertiary/aromatic N) is 6. The third-order valence-electron chi connectivity index (χ3n) is 5.40. The lowest BCUT2D eigenvalue weighted by atomic mass is 10.1. The molecule has 2 saturated heterocycles. The smallest absolute Gasteiger partial charge is 0.227 e. The Hall–Kier alpha value is -2.21. The maximum absolute atomic E-state index is 4.85. The van der Waals surface area contributed by atoms with Gasteiger partial charge in [0.25, 0.3) is 0 Å². The monoisotopic (exact) mass is 352 g/mol. The Balaban J connectivity index is 1.30. The number of rotatable bonds is 5. The summed E-state index contributed by atoms with van der Waals surface area (Å²) in [4.78, 5) is 20.8. The molecule has 0 N–H and O–H groups in total. The average molecular weight is 352 g/mol. The van der Waals surface area contributed by atoms with E-state index in [-0.39, 0.29) is 0 Å². The Morgan fingerprint density at radius 3 is 2.46 bits per heavy atom. The van der Waals surface area contributed by atoms with Crippen molar-refractivity contribution in [1.29, 1.82) is 0 Å². The summed E-state index contributed by atoms with van der Waals surface area (Å²) in [5.74, 6) is 1.98. The molecule has 4 rings (SSSR count). The molecule has 0 unspecified atom stereocenters. The molecule has 26 heavy (non-hydrogen) atoms. The van der Waals surface area contributed by atoms with E-state index in [4.69, 9.17) is 4.98 Å². The van der Waals surface area contributed by atoms with E-state index >= 15 is 0 Å². The fourth-order valence-corrected chi connectivity index (χ4v) is 3.80. The fraction of sp³-hybridized carbons (Fsp3) is 0.550. The van der Waals surface area contributed by atoms with Crippen LogP contribution in [0.1, 0.15) is 24.8 Å². The number of anilines is 2. The number of piperidine rings is 1. The largest absolute Gasteiger partial charge is 0.354 e. The molecular weight excluding hydrogens is 324 g/mol. The van der Waals surface area contributed by atoms with Crippen LogP contribution in [0.25, 0.3) is 0 Å². The molecule has 138 valence electrons. The summed E-state index contributed by atoms with van der Waals surface area (Å²) >= 11 is 0. The fourth-order valence-electron chi connectivity index (χ4n) is 3.80. The van der Waals surface area contributed by atoms with E-state index in [1.807, 2.05) is 24.7 Å². The minimum atomic E-state index is 0.904. The van der Waals surface area contributed by atoms with Crippen molar-refractivity contribution in [2.24, 2.45) is 0 Å². The molecule has 0 aromatic carbocycles. The summed E-state index contributed by atoms with van der Waals surface area (Å²) in [6.07, 6.45) is 10.6. The standard InChI is InChI=1S/C20H28N6/c1-2-10-26(11-3-1)20-22-9-6-19(23-20)25-15-13-24(14-16-25)12-7-18-5-4-8-21-17-18/h4-6,8-9,17H,1-3,7,10-16H2. The van der Waals surface area contributed by atoms with Gasteiger partial charge in [-0.05, 0) is 43.4 Å². The number of hydrogen-bond donors (Lipinski definition) is 0. The van der Waals surface area contributed by atoms with Crippen LogP contribution in [0.15, 0.2) is 36.8 Å². The first-order chi connectivity index (χ1) is 12.9. The van der Waals surface area contributed by atoms with E-state index in [0.29, 0.717) is 0 Å². The molecule has 0 aliphatic carbocycles. The van der Waals surface area contributed by atoms with Crippen molar-refractivity contribution in [3.05, 3.63) is 42.4 Å². The van der Waals surface area contributed by atoms with Crippen molar-refractivity contribution in [2.45, 2.75) is 25.7 Å². The summed E-state index contributed by atoms with van der Waals surface area (Å²) in [5.41, 5.74) is 1.32. The predicted molar refractivity (Wildman–Crippen MR) is 105 cm³/mol. The van der Waals surface area contributed by atoms with Crippen molar-refractivity contribution < 1.29 is 0 Å². The van der Waals surface area contributed by atoms with Gasteiger partial charge in [0.1, 0.15) is 5.82 Å². The molecule has 0 atom stereocenters. The van der Waals surface area contributed by atoms with Gasteiger partial charge in [0.15, 0.2) is 0 Å². The van der Waals surface area contributed by atoms with Gasteiger partial charge in [-0.25, -0.2) is 4.98 Å². The van der Waals surface area contributed by atoms with Crippen LogP contribution >= 0.6 is 0 Å². The second-order valence-corrected chi connectivity index (χ2v) is 7.20. The van der Waals surface area contributed by atoms with Gasteiger partial charge in [-0.15, -0.1) is 0 Å². The lowest BCUT2D eigenvalue weighted by molar-refractivity contribution is 0.260. The molecule has 2 aliphatic heterocycles. The van der Waals surface area contributed by atoms with E-state index in [2.05, 4.69) is 36.8 Å². The molecule has 6 heteroatoms. The first-order valence-electron chi connectivity index (χ1n) is 9.83. The van der Waals surface area contributed by atoms with Crippen molar-refractivity contribution in [3.8, 4) is 0 Å². The molecule has 0 radical (unpaired) electrons. The maximum Gasteiger partial charge on any atom is 0.227 e. The first kappa shape index (κ1) is 17.2. The minimum absolute atomic E-state index is 0.904. The van der Waals surface area contributed by atoms with Gasteiger partial charge in [0, 0.05) is 64.4 Å². The zero-order chi connectivity index (χ0) is 17.6. The Labute approximate surface area is 155 Å². The van der Waals surface area contributed by atoms with Gasteiger partial charge in [-0.3, -0.25) is 9.88 Å². The first-order valence-corrected chi connectivity index (χ1v) is 9.83. The van der Waals surface area contributed by atoms with Crippen molar-refractivity contribution >= 4 is 11.8 Å². The van der Waals surface area contributed by atoms with Gasteiger partial charge in [0.05, 0.1) is 0 Å². The summed E-state index contributed by atoms with van der Waals surface area (Å²) in [6.45, 7) is 7.51. The molecule has 4 heterocycles. The molecule has 2 aliphatic rings. The van der Waals surface area contributed by atoms with Crippen molar-refractivity contribution in [1.82, 2.24) is 19.9 Å². The highest BCUT2D eigenvalue weighted by Crippen LogP contribution is 2.20. The van der Waals surface area contributed by atoms with Crippen LogP contribution in [-0.4, -0.2) is 65.7 Å². The highest BCUT2D eigenvalue weighted by atomic mass is 15.3. The minimum Gasteiger partial charge on any atom is -0.354 e. The number of pyridine rings is 1. The third kappa shape index (κ3) is 4.30. The SMILES string of the molecule is c1cncc(CCN2CCN(c3ccnc(N4CCCCC4)n3)CC2)c1. The van der Waals surface area contributed by atoms with Gasteiger partial charge in [-0.1, -0.05) is 6.07 Å². The maximum atomic E-state index is 4.85. The van der Waals surface area contributed by atoms with Crippen LogP contribution in [0.5, 0.6) is 0 Å². The summed E-state index contributed by atoms with van der Waals surface area (Å²) < 4.78 is 0. The quantitative estimate of drug-likeness (QED) is 0.822. The summed E-state index contributed by atoms with van der Waals surface area (Å²) in [5, 5.41) is 0. The van der Waals surface area contributed by atoms with E-state index in [1.54, 1.807) is 0 Å². The van der Waals surface area contributed by atoms with Crippen molar-refractivity contribution in [2.75, 3.05) is 55.6 Å². The second-order valence-electron chi connectivity index (χ2n) is 7.20. The molecule has 6 nitrogen and oxygen atoms in total. The molecular formula is C20H28N6. The summed E-state index contributed by atoms with van der Waals surface area (Å²) in [7, 11) is 0. The van der Waals surface area contributed by atoms with Crippen LogP contribution in [0, 0.1) is 0 Å². The predicted octanol–water partition coefficient (Wildman–Crippen LogP) is 2.23. The average Bonchev–Trinajstić information content (AvgIpc) is 2.74. The number of aromatic nitrogens is 3. The number of piperazine rings is 1. The molecule has 2 aromatic heterocycles. The normalized spacial score (nSPS) is 18.9. The van der Waals surface area contributed by atoms with Gasteiger partial charge in [0.2, 0.25) is 5.95 Å². The highest BCUT2D eigenvalue weighted by Gasteiger charge is 2.20. The van der Waals surface area contributed by atoms with E-state index in [9.17, 15) is 0 Å². The Bertz CT molecular complexity index is 678. The van der Waals surface area contributed by atoms with Crippen LogP contribution in [0.2, 0.25) is 0 Å². The Kier molecular flexibility index (Phi) is 5.59. The second kappa shape index (κ2) is 8.45. The van der Waals surface area contributed by atoms with E-state index in [0.717, 1.165) is 64.0 Å². The lowest BCUT2D eigenvalue weighted by Gasteiger charge is -2.36. The molecule has 0 bridgehead atoms. The zero-order valence-electron chi connectivity index (χ0n) is 15.4. The van der Waals surface area contributed by atoms with E-state index < -0.39 is 0 Å². The number of hydrogen-bond acceptors (Lipinski definition) is 6. The molecule has 0 spiro atoms. The lowest BCUT2D eigenvalue weighted by Crippen LogP contribution is -2.47. The molecule has 2 aromatic rings. The third-order valence-corrected chi connectivity index (χ3v) is 5.40. The van der Waals surface area contributed by atoms with Gasteiger partial charge >= 0.3 is 0 Å². The Morgan fingerprint density at radius 1 is 0.846 bits per heavy atom. The van der Waals surface area contributed by atoms with Crippen molar-refractivity contribution in [3.63, 3.8) is 0 Å². The summed E-state index contributed by atoms with van der Waals surface area (Å²) in [6, 6.07) is 6.23. The topological polar surface area (TPSA) is 48.4 Å². The molecule has 0 saturated carbocycles. The Morgan fingerprint density at radius 2 is 1.69 bits per heavy atom. The van der Waals surface area contributed by atoms with Crippen LogP contribution in [0.4, 0.5) is 11.8 Å². The highest BCUT2D eigenvalue weighted by molar-refractivity contribution is 5.44. The molecule has 2 fully saturated rings. The van der Waals surface area contributed by atoms with Gasteiger partial charge < -0.3 is 9.80 Å². The van der Waals surface area contributed by atoms with E-state index in [1.165, 1.54) is 24.8 Å². The van der Waals surface area contributed by atoms with Crippen LogP contribution < -0.4 is 9.80 Å². The van der Waals surface area contributed by atoms with Crippen LogP contribution in [-0.2, 0) is 6.42 Å². The van der Waals surface area contributed by atoms with Crippen LogP contribution in [0.3, 0.4) is 0 Å². The molecule has 0 amide bonds.